The summed E-state index contributed by atoms with van der Waals surface area (Å²) in [6.07, 6.45) is -0.285. The first kappa shape index (κ1) is 7.90. The van der Waals surface area contributed by atoms with Gasteiger partial charge in [-0.1, -0.05) is 60.5 Å². The van der Waals surface area contributed by atoms with Crippen molar-refractivity contribution in [3.05, 3.63) is 71.7 Å². The number of benzene rings is 2. The van der Waals surface area contributed by atoms with Crippen LogP contribution in [0.25, 0.3) is 0 Å². The zero-order valence-electron chi connectivity index (χ0n) is 19.1. The van der Waals surface area contributed by atoms with E-state index < -0.39 is 42.8 Å². The lowest BCUT2D eigenvalue weighted by molar-refractivity contribution is 0.0917. The number of rotatable bonds is 5. The van der Waals surface area contributed by atoms with Crippen LogP contribution in [-0.4, -0.2) is 11.6 Å². The fourth-order valence-electron chi connectivity index (χ4n) is 1.51. The number of hydrogen-bond donors (Lipinski definition) is 0. The Hall–Kier alpha value is -2.73. The highest BCUT2D eigenvalue weighted by Crippen LogP contribution is 2.09. The molecule has 2 aromatic rings. The molecule has 0 saturated heterocycles. The summed E-state index contributed by atoms with van der Waals surface area (Å²) in [5.41, 5.74) is 0.109. The second-order valence-electron chi connectivity index (χ2n) is 3.82. The highest BCUT2D eigenvalue weighted by Gasteiger charge is 2.10. The molecule has 0 aliphatic heterocycles. The minimum atomic E-state index is -2.40. The van der Waals surface area contributed by atoms with Crippen molar-refractivity contribution in [2.45, 2.75) is 19.7 Å². The molecule has 0 unspecified atom stereocenters. The maximum absolute atomic E-state index is 12.2. The van der Waals surface area contributed by atoms with Crippen LogP contribution in [0.3, 0.4) is 0 Å². The van der Waals surface area contributed by atoms with Crippen molar-refractivity contribution >= 4 is 11.6 Å². The molecule has 0 heterocycles. The van der Waals surface area contributed by atoms with Gasteiger partial charge in [-0.2, -0.15) is 5.26 Å². The summed E-state index contributed by atoms with van der Waals surface area (Å²) >= 11 is 0. The lowest BCUT2D eigenvalue weighted by atomic mass is 10.1. The molecule has 3 nitrogen and oxygen atoms in total. The van der Waals surface area contributed by atoms with Gasteiger partial charge in [-0.15, -0.1) is 0 Å². The zero-order chi connectivity index (χ0) is 22.4. The van der Waals surface area contributed by atoms with Crippen LogP contribution in [0.2, 0.25) is 0 Å². The molecule has 0 amide bonds. The summed E-state index contributed by atoms with van der Waals surface area (Å²) in [7, 11) is 0. The molecule has 0 N–H and O–H groups in total. The summed E-state index contributed by atoms with van der Waals surface area (Å²) in [6.45, 7) is -2.40. The van der Waals surface area contributed by atoms with E-state index in [0.717, 1.165) is 6.07 Å². The SMILES string of the molecule is [2H]C([2H])([2H])C#N.[2H]c1c([2H])c([2H])c(C(=O)C[13CH2][13C](=O)[13c]2[13cH][13cH][13cH][13cH][13cH]2)c([2H])c1[2H]. The summed E-state index contributed by atoms with van der Waals surface area (Å²) in [4.78, 5) is 24.2. The van der Waals surface area contributed by atoms with Crippen molar-refractivity contribution in [1.82, 2.24) is 0 Å². The molecule has 0 atom stereocenters. The predicted molar refractivity (Wildman–Crippen MR) is 82.1 cm³/mol. The molecule has 0 aromatic heterocycles. The van der Waals surface area contributed by atoms with Gasteiger partial charge in [0.2, 0.25) is 0 Å². The van der Waals surface area contributed by atoms with E-state index >= 15 is 0 Å². The lowest BCUT2D eigenvalue weighted by Gasteiger charge is -2.01. The van der Waals surface area contributed by atoms with Gasteiger partial charge in [0.15, 0.2) is 11.6 Å². The maximum atomic E-state index is 12.2. The number of Topliss-reactive ketones (excluding diaryl/α,β-unsaturated/α-hetero) is 2. The van der Waals surface area contributed by atoms with Crippen LogP contribution in [0.4, 0.5) is 0 Å². The number of carbonyl (C=O) groups excluding carboxylic acids is 2. The first-order chi connectivity index (χ1) is 13.4. The third-order valence-electron chi connectivity index (χ3n) is 2.45. The van der Waals surface area contributed by atoms with Gasteiger partial charge in [-0.25, -0.2) is 0 Å². The second-order valence-corrected chi connectivity index (χ2v) is 3.82. The second kappa shape index (κ2) is 9.22. The molecule has 0 aliphatic carbocycles. The van der Waals surface area contributed by atoms with Crippen molar-refractivity contribution in [3.8, 4) is 6.07 Å². The Balaban J connectivity index is 0.000000612. The van der Waals surface area contributed by atoms with Crippen LogP contribution in [0.5, 0.6) is 0 Å². The third-order valence-corrected chi connectivity index (χ3v) is 2.45. The number of carbonyl (C=O) groups is 2. The molecular weight excluding hydrogens is 270 g/mol. The molecule has 0 bridgehead atoms. The van der Waals surface area contributed by atoms with E-state index in [0.29, 0.717) is 5.56 Å². The van der Waals surface area contributed by atoms with Crippen LogP contribution < -0.4 is 0 Å². The van der Waals surface area contributed by atoms with Crippen LogP contribution in [0, 0.1) is 11.3 Å². The fourth-order valence-corrected chi connectivity index (χ4v) is 1.51. The molecule has 2 rings (SSSR count). The van der Waals surface area contributed by atoms with Gasteiger partial charge in [-0.3, -0.25) is 9.59 Å². The monoisotopic (exact) mass is 295 g/mol. The molecular formula is C18H17NO2. The van der Waals surface area contributed by atoms with Gasteiger partial charge in [0.25, 0.3) is 0 Å². The molecule has 0 saturated carbocycles. The molecule has 0 aliphatic rings. The standard InChI is InChI=1S/C16H14O2.C2H3N/c17-15(13-7-3-1-4-8-13)11-12-16(18)14-9-5-2-6-10-14;1-2-3/h1-10H,11-12H2;1H3/i1D,2+1,3D,4D,5+1,6+1,7D,8D,9+1,10+1,12+1,14+1,16+1;1D3. The molecule has 106 valence electrons. The highest BCUT2D eigenvalue weighted by molar-refractivity contribution is 6.02. The van der Waals surface area contributed by atoms with E-state index in [-0.39, 0.29) is 24.2 Å². The van der Waals surface area contributed by atoms with Gasteiger partial charge < -0.3 is 0 Å². The van der Waals surface area contributed by atoms with Crippen molar-refractivity contribution in [2.75, 3.05) is 0 Å². The quantitative estimate of drug-likeness (QED) is 0.617. The van der Waals surface area contributed by atoms with Gasteiger partial charge in [0.1, 0.15) is 0 Å². The smallest absolute Gasteiger partial charge is 0.163 e. The molecule has 2 aromatic carbocycles. The fraction of sp³-hybridized carbons (Fsp3) is 0.167. The molecule has 0 fully saturated rings. The minimum Gasteiger partial charge on any atom is -0.294 e. The Morgan fingerprint density at radius 1 is 1.05 bits per heavy atom. The maximum Gasteiger partial charge on any atom is 0.163 e. The Kier molecular flexibility index (Phi) is 3.47. The number of hydrogen-bond acceptors (Lipinski definition) is 3. The highest BCUT2D eigenvalue weighted by atomic mass is 16.2. The van der Waals surface area contributed by atoms with Gasteiger partial charge in [-0.05, 0) is 0 Å². The van der Waals surface area contributed by atoms with Gasteiger partial charge >= 0.3 is 0 Å². The van der Waals surface area contributed by atoms with Gasteiger partial charge in [0.05, 0.1) is 12.9 Å². The number of nitriles is 1. The zero-order valence-corrected chi connectivity index (χ0v) is 11.1. The summed E-state index contributed by atoms with van der Waals surface area (Å²) in [5, 5.41) is 7.59. The Morgan fingerprint density at radius 2 is 1.57 bits per heavy atom. The topological polar surface area (TPSA) is 57.9 Å². The third kappa shape index (κ3) is 5.84. The average Bonchev–Trinajstić information content (AvgIpc) is 2.69. The average molecular weight is 295 g/mol. The predicted octanol–water partition coefficient (Wildman–Crippen LogP) is 4.06. The largest absolute Gasteiger partial charge is 0.294 e. The van der Waals surface area contributed by atoms with E-state index in [1.807, 2.05) is 0 Å². The lowest BCUT2D eigenvalue weighted by Crippen LogP contribution is -2.05. The van der Waals surface area contributed by atoms with E-state index in [2.05, 4.69) is 0 Å². The van der Waals surface area contributed by atoms with Crippen LogP contribution in [0.1, 0.15) is 51.4 Å². The molecule has 21 heavy (non-hydrogen) atoms. The number of nitrogens with zero attached hydrogens (tertiary/aromatic N) is 1. The molecule has 0 spiro atoms. The van der Waals surface area contributed by atoms with Crippen molar-refractivity contribution in [1.29, 1.82) is 5.26 Å². The Bertz CT molecular complexity index is 920. The first-order valence-corrected chi connectivity index (χ1v) is 6.00. The minimum absolute atomic E-state index is 0.0784. The van der Waals surface area contributed by atoms with Crippen molar-refractivity contribution in [3.63, 3.8) is 0 Å². The Labute approximate surface area is 136 Å². The van der Waals surface area contributed by atoms with Crippen LogP contribution >= 0.6 is 0 Å². The van der Waals surface area contributed by atoms with E-state index in [9.17, 15) is 9.59 Å². The molecule has 3 heteroatoms. The van der Waals surface area contributed by atoms with Crippen LogP contribution in [-0.2, 0) is 0 Å². The summed E-state index contributed by atoms with van der Waals surface area (Å²) in [5.74, 6) is -0.863. The Morgan fingerprint density at radius 3 is 2.10 bits per heavy atom. The van der Waals surface area contributed by atoms with E-state index in [4.69, 9.17) is 16.2 Å². The number of ketones is 2. The summed E-state index contributed by atoms with van der Waals surface area (Å²) in [6, 6.07) is 6.86. The van der Waals surface area contributed by atoms with E-state index in [1.165, 1.54) is 0 Å². The van der Waals surface area contributed by atoms with Crippen molar-refractivity contribution in [2.24, 2.45) is 0 Å². The van der Waals surface area contributed by atoms with Crippen LogP contribution in [0.15, 0.2) is 60.5 Å². The van der Waals surface area contributed by atoms with Crippen molar-refractivity contribution < 1.29 is 20.6 Å². The first-order valence-electron chi connectivity index (χ1n) is 10.00. The molecule has 0 radical (unpaired) electrons. The summed E-state index contributed by atoms with van der Waals surface area (Å²) < 4.78 is 56.5. The van der Waals surface area contributed by atoms with Gasteiger partial charge in [0, 0.05) is 34.9 Å². The normalized spacial score (nSPS) is 15.0. The van der Waals surface area contributed by atoms with E-state index in [1.54, 1.807) is 30.3 Å².